The molecular formula is C15H22N4O2. The Morgan fingerprint density at radius 1 is 1.29 bits per heavy atom. The first-order valence-corrected chi connectivity index (χ1v) is 7.20. The summed E-state index contributed by atoms with van der Waals surface area (Å²) in [5.74, 6) is 0.664. The van der Waals surface area contributed by atoms with Gasteiger partial charge in [-0.05, 0) is 32.3 Å². The van der Waals surface area contributed by atoms with E-state index in [0.29, 0.717) is 18.2 Å². The lowest BCUT2D eigenvalue weighted by Gasteiger charge is -2.44. The van der Waals surface area contributed by atoms with Crippen molar-refractivity contribution in [2.75, 3.05) is 0 Å². The van der Waals surface area contributed by atoms with Crippen molar-refractivity contribution in [1.82, 2.24) is 20.2 Å². The van der Waals surface area contributed by atoms with Crippen molar-refractivity contribution in [2.24, 2.45) is 5.92 Å². The second-order valence-electron chi connectivity index (χ2n) is 6.30. The molecule has 6 heteroatoms. The molecule has 1 unspecified atom stereocenters. The molecule has 0 saturated carbocycles. The molecule has 114 valence electrons. The van der Waals surface area contributed by atoms with E-state index in [1.807, 2.05) is 13.8 Å². The largest absolute Gasteiger partial charge is 0.342 e. The highest BCUT2D eigenvalue weighted by Gasteiger charge is 2.46. The summed E-state index contributed by atoms with van der Waals surface area (Å²) in [6.45, 7) is 7.80. The van der Waals surface area contributed by atoms with Crippen LogP contribution >= 0.6 is 0 Å². The van der Waals surface area contributed by atoms with E-state index < -0.39 is 11.6 Å². The van der Waals surface area contributed by atoms with Crippen LogP contribution in [0.15, 0.2) is 18.5 Å². The maximum Gasteiger partial charge on any atom is 0.246 e. The molecule has 6 nitrogen and oxygen atoms in total. The lowest BCUT2D eigenvalue weighted by Crippen LogP contribution is -2.68. The quantitative estimate of drug-likeness (QED) is 0.902. The van der Waals surface area contributed by atoms with E-state index >= 15 is 0 Å². The minimum Gasteiger partial charge on any atom is -0.342 e. The van der Waals surface area contributed by atoms with Crippen LogP contribution < -0.4 is 5.32 Å². The van der Waals surface area contributed by atoms with Gasteiger partial charge in [-0.2, -0.15) is 0 Å². The molecule has 0 aromatic carbocycles. The van der Waals surface area contributed by atoms with Crippen molar-refractivity contribution < 1.29 is 9.59 Å². The van der Waals surface area contributed by atoms with Gasteiger partial charge in [0.15, 0.2) is 0 Å². The van der Waals surface area contributed by atoms with E-state index in [9.17, 15) is 9.59 Å². The van der Waals surface area contributed by atoms with Crippen molar-refractivity contribution in [3.8, 4) is 0 Å². The Labute approximate surface area is 125 Å². The summed E-state index contributed by atoms with van der Waals surface area (Å²) in [6, 6.07) is 1.26. The summed E-state index contributed by atoms with van der Waals surface area (Å²) in [7, 11) is 0. The average Bonchev–Trinajstić information content (AvgIpc) is 2.42. The number of carbonyl (C=O) groups is 2. The highest BCUT2D eigenvalue weighted by Crippen LogP contribution is 2.24. The summed E-state index contributed by atoms with van der Waals surface area (Å²) in [6.07, 6.45) is 3.90. The van der Waals surface area contributed by atoms with Gasteiger partial charge in [-0.1, -0.05) is 13.8 Å². The Balaban J connectivity index is 2.25. The van der Waals surface area contributed by atoms with Gasteiger partial charge in [0.05, 0.1) is 6.54 Å². The molecular weight excluding hydrogens is 268 g/mol. The first kappa shape index (κ1) is 15.4. The normalized spacial score (nSPS) is 21.6. The molecule has 0 radical (unpaired) electrons. The van der Waals surface area contributed by atoms with Crippen molar-refractivity contribution >= 4 is 11.8 Å². The van der Waals surface area contributed by atoms with Crippen LogP contribution in [0.25, 0.3) is 0 Å². The monoisotopic (exact) mass is 290 g/mol. The molecule has 1 aliphatic rings. The van der Waals surface area contributed by atoms with Gasteiger partial charge in [-0.3, -0.25) is 9.59 Å². The lowest BCUT2D eigenvalue weighted by molar-refractivity contribution is -0.156. The third-order valence-corrected chi connectivity index (χ3v) is 3.73. The van der Waals surface area contributed by atoms with Crippen LogP contribution in [0.1, 0.15) is 39.9 Å². The maximum absolute atomic E-state index is 12.7. The summed E-state index contributed by atoms with van der Waals surface area (Å²) in [5.41, 5.74) is -0.899. The standard InChI is InChI=1S/C15H22N4O2/c1-10(2)8-11-13(20)19(15(3,4)14(21)18-11)9-12-16-6-5-7-17-12/h5-7,10-11H,8-9H2,1-4H3,(H,18,21). The Morgan fingerprint density at radius 3 is 2.48 bits per heavy atom. The van der Waals surface area contributed by atoms with Crippen molar-refractivity contribution in [2.45, 2.75) is 52.2 Å². The number of aromatic nitrogens is 2. The van der Waals surface area contributed by atoms with E-state index in [-0.39, 0.29) is 18.4 Å². The van der Waals surface area contributed by atoms with Crippen molar-refractivity contribution in [3.05, 3.63) is 24.3 Å². The molecule has 0 aliphatic carbocycles. The van der Waals surface area contributed by atoms with Gasteiger partial charge >= 0.3 is 0 Å². The topological polar surface area (TPSA) is 75.2 Å². The number of hydrogen-bond acceptors (Lipinski definition) is 4. The molecule has 21 heavy (non-hydrogen) atoms. The van der Waals surface area contributed by atoms with E-state index in [0.717, 1.165) is 0 Å². The van der Waals surface area contributed by atoms with Crippen LogP contribution in [-0.4, -0.2) is 38.3 Å². The number of carbonyl (C=O) groups excluding carboxylic acids is 2. The van der Waals surface area contributed by atoms with Crippen LogP contribution in [0.3, 0.4) is 0 Å². The summed E-state index contributed by atoms with van der Waals surface area (Å²) < 4.78 is 0. The van der Waals surface area contributed by atoms with Crippen LogP contribution in [0.2, 0.25) is 0 Å². The maximum atomic E-state index is 12.7. The fraction of sp³-hybridized carbons (Fsp3) is 0.600. The van der Waals surface area contributed by atoms with Crippen molar-refractivity contribution in [3.63, 3.8) is 0 Å². The van der Waals surface area contributed by atoms with E-state index in [1.165, 1.54) is 0 Å². The smallest absolute Gasteiger partial charge is 0.246 e. The van der Waals surface area contributed by atoms with E-state index in [4.69, 9.17) is 0 Å². The number of hydrogen-bond donors (Lipinski definition) is 1. The molecule has 1 aliphatic heterocycles. The third kappa shape index (κ3) is 3.20. The summed E-state index contributed by atoms with van der Waals surface area (Å²) in [4.78, 5) is 34.9. The van der Waals surface area contributed by atoms with Gasteiger partial charge < -0.3 is 10.2 Å². The number of amides is 2. The van der Waals surface area contributed by atoms with Gasteiger partial charge in [-0.15, -0.1) is 0 Å². The fourth-order valence-corrected chi connectivity index (χ4v) is 2.44. The number of nitrogens with zero attached hydrogens (tertiary/aromatic N) is 3. The first-order chi connectivity index (χ1) is 9.82. The molecule has 1 fully saturated rings. The predicted octanol–water partition coefficient (Wildman–Crippen LogP) is 1.13. The van der Waals surface area contributed by atoms with Gasteiger partial charge in [0.25, 0.3) is 0 Å². The zero-order chi connectivity index (χ0) is 15.6. The zero-order valence-electron chi connectivity index (χ0n) is 13.0. The van der Waals surface area contributed by atoms with Gasteiger partial charge in [0, 0.05) is 12.4 Å². The highest BCUT2D eigenvalue weighted by molar-refractivity contribution is 5.99. The second kappa shape index (κ2) is 5.79. The Morgan fingerprint density at radius 2 is 1.90 bits per heavy atom. The van der Waals surface area contributed by atoms with E-state index in [1.54, 1.807) is 37.2 Å². The molecule has 0 bridgehead atoms. The molecule has 1 aromatic rings. The van der Waals surface area contributed by atoms with Crippen LogP contribution in [-0.2, 0) is 16.1 Å². The van der Waals surface area contributed by atoms with Crippen LogP contribution in [0.5, 0.6) is 0 Å². The number of rotatable bonds is 4. The zero-order valence-corrected chi connectivity index (χ0v) is 13.0. The lowest BCUT2D eigenvalue weighted by atomic mass is 9.92. The Hall–Kier alpha value is -1.98. The van der Waals surface area contributed by atoms with Gasteiger partial charge in [0.2, 0.25) is 11.8 Å². The molecule has 1 atom stereocenters. The minimum absolute atomic E-state index is 0.0687. The van der Waals surface area contributed by atoms with Gasteiger partial charge in [-0.25, -0.2) is 9.97 Å². The van der Waals surface area contributed by atoms with Crippen LogP contribution in [0, 0.1) is 5.92 Å². The summed E-state index contributed by atoms with van der Waals surface area (Å²) in [5, 5.41) is 2.83. The Bertz CT molecular complexity index is 528. The van der Waals surface area contributed by atoms with Crippen molar-refractivity contribution in [1.29, 1.82) is 0 Å². The fourth-order valence-electron chi connectivity index (χ4n) is 2.44. The third-order valence-electron chi connectivity index (χ3n) is 3.73. The second-order valence-corrected chi connectivity index (χ2v) is 6.30. The molecule has 1 N–H and O–H groups in total. The SMILES string of the molecule is CC(C)CC1NC(=O)C(C)(C)N(Cc2ncccn2)C1=O. The first-order valence-electron chi connectivity index (χ1n) is 7.20. The molecule has 1 saturated heterocycles. The van der Waals surface area contributed by atoms with Gasteiger partial charge in [0.1, 0.15) is 17.4 Å². The van der Waals surface area contributed by atoms with E-state index in [2.05, 4.69) is 15.3 Å². The molecule has 2 heterocycles. The number of nitrogens with one attached hydrogen (secondary N) is 1. The predicted molar refractivity (Wildman–Crippen MR) is 78.0 cm³/mol. The molecule has 2 amide bonds. The number of piperazine rings is 1. The summed E-state index contributed by atoms with van der Waals surface area (Å²) >= 11 is 0. The molecule has 2 rings (SSSR count). The van der Waals surface area contributed by atoms with Crippen LogP contribution in [0.4, 0.5) is 0 Å². The Kier molecular flexibility index (Phi) is 4.25. The minimum atomic E-state index is -0.899. The highest BCUT2D eigenvalue weighted by atomic mass is 16.2. The average molecular weight is 290 g/mol. The molecule has 0 spiro atoms. The molecule has 1 aromatic heterocycles.